The van der Waals surface area contributed by atoms with Crippen molar-refractivity contribution in [3.8, 4) is 38.7 Å². The van der Waals surface area contributed by atoms with E-state index in [0.29, 0.717) is 5.75 Å². The number of aromatic nitrogens is 2. The summed E-state index contributed by atoms with van der Waals surface area (Å²) in [6.45, 7) is 17.7. The van der Waals surface area contributed by atoms with Crippen molar-refractivity contribution >= 4 is 21.6 Å². The second-order valence-corrected chi connectivity index (χ2v) is 15.6. The van der Waals surface area contributed by atoms with Crippen LogP contribution in [0.1, 0.15) is 77.6 Å². The topological polar surface area (TPSA) is 46.0 Å². The molecule has 3 nitrogen and oxygen atoms in total. The highest BCUT2D eigenvalue weighted by atomic mass is 32.1. The van der Waals surface area contributed by atoms with Crippen LogP contribution < -0.4 is 0 Å². The van der Waals surface area contributed by atoms with E-state index < -0.39 is 0 Å². The first kappa shape index (κ1) is 30.7. The van der Waals surface area contributed by atoms with E-state index in [9.17, 15) is 5.11 Å². The number of hydrogen-bond donors (Lipinski definition) is 1. The van der Waals surface area contributed by atoms with Crippen LogP contribution in [0.2, 0.25) is 0 Å². The molecule has 0 atom stereocenters. The summed E-state index contributed by atoms with van der Waals surface area (Å²) in [5, 5.41) is 12.6. The molecule has 0 unspecified atom stereocenters. The Morgan fingerprint density at radius 2 is 1.31 bits per heavy atom. The third-order valence-corrected chi connectivity index (χ3v) is 9.91. The number of fused-ring (bicyclic) bond motifs is 1. The molecule has 0 bridgehead atoms. The van der Waals surface area contributed by atoms with Gasteiger partial charge >= 0.3 is 0 Å². The highest BCUT2D eigenvalue weighted by Gasteiger charge is 2.30. The van der Waals surface area contributed by atoms with Crippen LogP contribution in [0.25, 0.3) is 43.2 Å². The summed E-state index contributed by atoms with van der Waals surface area (Å²) >= 11 is 1.63. The van der Waals surface area contributed by atoms with Gasteiger partial charge in [-0.1, -0.05) is 116 Å². The Kier molecular flexibility index (Phi) is 7.69. The molecule has 2 aromatic heterocycles. The van der Waals surface area contributed by atoms with Gasteiger partial charge in [0.05, 0.1) is 21.5 Å². The fourth-order valence-corrected chi connectivity index (χ4v) is 6.96. The van der Waals surface area contributed by atoms with Crippen LogP contribution in [0, 0.1) is 0 Å². The van der Waals surface area contributed by atoms with Crippen molar-refractivity contribution in [3.63, 3.8) is 0 Å². The molecule has 2 heterocycles. The molecule has 0 fully saturated rings. The van der Waals surface area contributed by atoms with Gasteiger partial charge in [-0.25, -0.2) is 4.98 Å². The molecule has 4 heteroatoms. The molecule has 6 aromatic rings. The Balaban J connectivity index is 1.55. The smallest absolute Gasteiger partial charge is 0.129 e. The zero-order chi connectivity index (χ0) is 32.1. The number of rotatable bonds is 5. The van der Waals surface area contributed by atoms with Gasteiger partial charge in [-0.05, 0) is 69.5 Å². The molecule has 45 heavy (non-hydrogen) atoms. The number of phenolic OH excluding ortho intramolecular Hbond substituents is 1. The quantitative estimate of drug-likeness (QED) is 0.211. The average molecular weight is 611 g/mol. The molecule has 4 aromatic carbocycles. The van der Waals surface area contributed by atoms with E-state index in [0.717, 1.165) is 54.3 Å². The Morgan fingerprint density at radius 1 is 0.600 bits per heavy atom. The zero-order valence-electron chi connectivity index (χ0n) is 27.6. The summed E-state index contributed by atoms with van der Waals surface area (Å²) in [6, 6.07) is 34.1. The van der Waals surface area contributed by atoms with E-state index >= 15 is 0 Å². The van der Waals surface area contributed by atoms with Crippen molar-refractivity contribution < 1.29 is 5.11 Å². The SMILES string of the molecule is CC(C)(C)c1cc(-c2ccccn2)cc(-c2cccc3sc(-c4cc(C(C)(C)c5ccccc5)cc(C(C)(C)C)c4O)nc23)c1. The third-order valence-electron chi connectivity index (χ3n) is 8.86. The monoisotopic (exact) mass is 610 g/mol. The number of thiazole rings is 1. The summed E-state index contributed by atoms with van der Waals surface area (Å²) in [7, 11) is 0. The van der Waals surface area contributed by atoms with E-state index in [4.69, 9.17) is 4.98 Å². The highest BCUT2D eigenvalue weighted by molar-refractivity contribution is 7.21. The Morgan fingerprint density at radius 3 is 1.98 bits per heavy atom. The lowest BCUT2D eigenvalue weighted by Crippen LogP contribution is -2.21. The lowest BCUT2D eigenvalue weighted by atomic mass is 9.74. The van der Waals surface area contributed by atoms with Crippen molar-refractivity contribution in [2.24, 2.45) is 0 Å². The number of pyridine rings is 1. The van der Waals surface area contributed by atoms with Gasteiger partial charge < -0.3 is 5.11 Å². The Hall–Kier alpha value is -4.28. The van der Waals surface area contributed by atoms with Crippen molar-refractivity contribution in [2.75, 3.05) is 0 Å². The fourth-order valence-electron chi connectivity index (χ4n) is 5.95. The van der Waals surface area contributed by atoms with Gasteiger partial charge in [-0.15, -0.1) is 11.3 Å². The molecule has 0 amide bonds. The third kappa shape index (κ3) is 5.92. The summed E-state index contributed by atoms with van der Waals surface area (Å²) < 4.78 is 1.09. The molecular formula is C41H42N2OS. The molecule has 0 aliphatic carbocycles. The molecule has 0 radical (unpaired) electrons. The predicted octanol–water partition coefficient (Wildman–Crippen LogP) is 11.3. The van der Waals surface area contributed by atoms with Crippen LogP contribution >= 0.6 is 11.3 Å². The van der Waals surface area contributed by atoms with Crippen LogP contribution in [0.5, 0.6) is 5.75 Å². The van der Waals surface area contributed by atoms with E-state index in [1.165, 1.54) is 11.1 Å². The van der Waals surface area contributed by atoms with Crippen LogP contribution in [0.3, 0.4) is 0 Å². The molecular weight excluding hydrogens is 569 g/mol. The lowest BCUT2D eigenvalue weighted by Gasteiger charge is -2.30. The van der Waals surface area contributed by atoms with E-state index in [1.807, 2.05) is 18.3 Å². The predicted molar refractivity (Wildman–Crippen MR) is 191 cm³/mol. The molecule has 1 N–H and O–H groups in total. The van der Waals surface area contributed by atoms with Gasteiger partial charge in [0.15, 0.2) is 0 Å². The van der Waals surface area contributed by atoms with Gasteiger partial charge in [0.1, 0.15) is 10.8 Å². The van der Waals surface area contributed by atoms with Crippen LogP contribution in [0.15, 0.2) is 103 Å². The number of para-hydroxylation sites is 1. The van der Waals surface area contributed by atoms with E-state index in [2.05, 4.69) is 145 Å². The number of phenols is 1. The Labute approximate surface area is 271 Å². The summed E-state index contributed by atoms with van der Waals surface area (Å²) in [5.74, 6) is 0.308. The molecule has 228 valence electrons. The number of aromatic hydroxyl groups is 1. The van der Waals surface area contributed by atoms with Crippen LogP contribution in [-0.2, 0) is 16.2 Å². The van der Waals surface area contributed by atoms with Gasteiger partial charge in [0.25, 0.3) is 0 Å². The highest BCUT2D eigenvalue weighted by Crippen LogP contribution is 2.46. The molecule has 0 aliphatic heterocycles. The van der Waals surface area contributed by atoms with Gasteiger partial charge in [0.2, 0.25) is 0 Å². The van der Waals surface area contributed by atoms with E-state index in [-0.39, 0.29) is 16.2 Å². The maximum Gasteiger partial charge on any atom is 0.129 e. The molecule has 6 rings (SSSR count). The van der Waals surface area contributed by atoms with Gasteiger partial charge in [-0.3, -0.25) is 4.98 Å². The molecule has 0 spiro atoms. The van der Waals surface area contributed by atoms with Crippen molar-refractivity contribution in [1.82, 2.24) is 9.97 Å². The standard InChI is InChI=1S/C41H42N2OS/c1-39(2,3)29-22-26(21-27(23-29)34-18-12-13-20-42-34)31-17-14-19-35-36(31)43-38(45-35)32-24-30(25-33(37(32)44)40(4,5)6)41(7,8)28-15-10-9-11-16-28/h9-25,44H,1-8H3. The largest absolute Gasteiger partial charge is 0.507 e. The van der Waals surface area contributed by atoms with Crippen molar-refractivity contribution in [3.05, 3.63) is 126 Å². The van der Waals surface area contributed by atoms with E-state index in [1.54, 1.807) is 11.3 Å². The molecule has 0 aliphatic rings. The normalized spacial score (nSPS) is 12.5. The summed E-state index contributed by atoms with van der Waals surface area (Å²) in [5.41, 5.74) is 9.97. The summed E-state index contributed by atoms with van der Waals surface area (Å²) in [4.78, 5) is 9.94. The molecule has 0 saturated heterocycles. The van der Waals surface area contributed by atoms with Crippen LogP contribution in [0.4, 0.5) is 0 Å². The maximum atomic E-state index is 11.8. The second kappa shape index (κ2) is 11.3. The minimum absolute atomic E-state index is 0.0399. The molecule has 0 saturated carbocycles. The van der Waals surface area contributed by atoms with Crippen molar-refractivity contribution in [1.29, 1.82) is 0 Å². The van der Waals surface area contributed by atoms with Gasteiger partial charge in [0, 0.05) is 28.3 Å². The average Bonchev–Trinajstić information content (AvgIpc) is 3.45. The number of nitrogens with zero attached hydrogens (tertiary/aromatic N) is 2. The minimum Gasteiger partial charge on any atom is -0.507 e. The van der Waals surface area contributed by atoms with Gasteiger partial charge in [-0.2, -0.15) is 0 Å². The van der Waals surface area contributed by atoms with Crippen LogP contribution in [-0.4, -0.2) is 15.1 Å². The zero-order valence-corrected chi connectivity index (χ0v) is 28.4. The lowest BCUT2D eigenvalue weighted by molar-refractivity contribution is 0.447. The maximum absolute atomic E-state index is 11.8. The first-order valence-electron chi connectivity index (χ1n) is 15.6. The second-order valence-electron chi connectivity index (χ2n) is 14.6. The van der Waals surface area contributed by atoms with Crippen molar-refractivity contribution in [2.45, 2.75) is 71.6 Å². The first-order chi connectivity index (χ1) is 21.2. The number of benzene rings is 4. The summed E-state index contributed by atoms with van der Waals surface area (Å²) in [6.07, 6.45) is 1.84. The first-order valence-corrected chi connectivity index (χ1v) is 16.5. The number of hydrogen-bond acceptors (Lipinski definition) is 4. The fraction of sp³-hybridized carbons (Fsp3) is 0.268. The minimum atomic E-state index is -0.263. The Bertz CT molecular complexity index is 1990.